The van der Waals surface area contributed by atoms with Crippen LogP contribution in [0.4, 0.5) is 4.79 Å². The van der Waals surface area contributed by atoms with Gasteiger partial charge >= 0.3 is 18.0 Å². The highest BCUT2D eigenvalue weighted by Gasteiger charge is 2.25. The molecule has 0 saturated heterocycles. The van der Waals surface area contributed by atoms with E-state index in [1.54, 1.807) is 0 Å². The summed E-state index contributed by atoms with van der Waals surface area (Å²) in [7, 11) is 1.50. The molecule has 0 aliphatic rings. The van der Waals surface area contributed by atoms with Crippen LogP contribution in [-0.2, 0) is 14.3 Å². The highest BCUT2D eigenvalue weighted by molar-refractivity contribution is 5.86. The molecule has 0 aromatic heterocycles. The first-order valence-electron chi connectivity index (χ1n) is 6.26. The van der Waals surface area contributed by atoms with E-state index in [9.17, 15) is 14.4 Å². The second kappa shape index (κ2) is 9.13. The molecule has 1 unspecified atom stereocenters. The maximum atomic E-state index is 12.0. The standard InChI is InChI=1S/C12H22N2O6/c1-8(2)7-14(4-5-20-3)12(19)13-9(11(17)18)6-10(15)16/h8-9H,4-7H2,1-3H3,(H,13,19)(H,15,16)(H,17,18). The molecule has 0 rings (SSSR count). The van der Waals surface area contributed by atoms with Crippen LogP contribution in [0.3, 0.4) is 0 Å². The number of rotatable bonds is 9. The number of carboxylic acids is 2. The lowest BCUT2D eigenvalue weighted by atomic mass is 10.2. The first-order valence-corrected chi connectivity index (χ1v) is 6.26. The van der Waals surface area contributed by atoms with Crippen LogP contribution < -0.4 is 5.32 Å². The number of hydrogen-bond acceptors (Lipinski definition) is 4. The molecule has 3 N–H and O–H groups in total. The summed E-state index contributed by atoms with van der Waals surface area (Å²) >= 11 is 0. The largest absolute Gasteiger partial charge is 0.481 e. The van der Waals surface area contributed by atoms with Gasteiger partial charge in [-0.25, -0.2) is 9.59 Å². The van der Waals surface area contributed by atoms with Crippen molar-refractivity contribution in [2.75, 3.05) is 26.8 Å². The highest BCUT2D eigenvalue weighted by Crippen LogP contribution is 2.01. The summed E-state index contributed by atoms with van der Waals surface area (Å²) in [5, 5.41) is 19.7. The van der Waals surface area contributed by atoms with Gasteiger partial charge in [-0.15, -0.1) is 0 Å². The Morgan fingerprint density at radius 1 is 1.25 bits per heavy atom. The normalized spacial score (nSPS) is 12.0. The van der Waals surface area contributed by atoms with Gasteiger partial charge in [0.15, 0.2) is 0 Å². The number of amides is 2. The minimum absolute atomic E-state index is 0.195. The SMILES string of the molecule is COCCN(CC(C)C)C(=O)NC(CC(=O)O)C(=O)O. The number of carbonyl (C=O) groups is 3. The molecular weight excluding hydrogens is 268 g/mol. The van der Waals surface area contributed by atoms with Gasteiger partial charge in [0.2, 0.25) is 0 Å². The number of hydrogen-bond donors (Lipinski definition) is 3. The summed E-state index contributed by atoms with van der Waals surface area (Å²) in [6.45, 7) is 4.88. The molecule has 0 bridgehead atoms. The number of nitrogens with zero attached hydrogens (tertiary/aromatic N) is 1. The maximum absolute atomic E-state index is 12.0. The van der Waals surface area contributed by atoms with E-state index in [1.165, 1.54) is 12.0 Å². The van der Waals surface area contributed by atoms with Crippen molar-refractivity contribution in [2.24, 2.45) is 5.92 Å². The van der Waals surface area contributed by atoms with E-state index in [2.05, 4.69) is 5.32 Å². The van der Waals surface area contributed by atoms with Gasteiger partial charge in [0.25, 0.3) is 0 Å². The predicted molar refractivity (Wildman–Crippen MR) is 70.5 cm³/mol. The fraction of sp³-hybridized carbons (Fsp3) is 0.750. The van der Waals surface area contributed by atoms with E-state index >= 15 is 0 Å². The average Bonchev–Trinajstić information content (AvgIpc) is 2.32. The smallest absolute Gasteiger partial charge is 0.326 e. The molecule has 20 heavy (non-hydrogen) atoms. The zero-order valence-corrected chi connectivity index (χ0v) is 12.0. The number of carboxylic acid groups (broad SMARTS) is 2. The summed E-state index contributed by atoms with van der Waals surface area (Å²) in [4.78, 5) is 34.9. The van der Waals surface area contributed by atoms with E-state index < -0.39 is 30.4 Å². The van der Waals surface area contributed by atoms with Crippen LogP contribution in [0.1, 0.15) is 20.3 Å². The molecule has 0 spiro atoms. The fourth-order valence-electron chi connectivity index (χ4n) is 1.53. The lowest BCUT2D eigenvalue weighted by Crippen LogP contribution is -2.50. The molecule has 0 saturated carbocycles. The van der Waals surface area contributed by atoms with E-state index in [4.69, 9.17) is 14.9 Å². The number of urea groups is 1. The van der Waals surface area contributed by atoms with Crippen LogP contribution in [0.2, 0.25) is 0 Å². The van der Waals surface area contributed by atoms with Crippen molar-refractivity contribution in [1.82, 2.24) is 10.2 Å². The number of carbonyl (C=O) groups excluding carboxylic acids is 1. The Balaban J connectivity index is 4.68. The van der Waals surface area contributed by atoms with Crippen LogP contribution >= 0.6 is 0 Å². The third-order valence-corrected chi connectivity index (χ3v) is 2.41. The molecular formula is C12H22N2O6. The van der Waals surface area contributed by atoms with Crippen molar-refractivity contribution in [1.29, 1.82) is 0 Å². The zero-order chi connectivity index (χ0) is 15.7. The van der Waals surface area contributed by atoms with Crippen molar-refractivity contribution >= 4 is 18.0 Å². The summed E-state index contributed by atoms with van der Waals surface area (Å²) in [5.41, 5.74) is 0. The van der Waals surface area contributed by atoms with Crippen LogP contribution in [0.25, 0.3) is 0 Å². The van der Waals surface area contributed by atoms with Gasteiger partial charge in [0.05, 0.1) is 13.0 Å². The molecule has 0 heterocycles. The van der Waals surface area contributed by atoms with Gasteiger partial charge < -0.3 is 25.2 Å². The molecule has 0 aromatic carbocycles. The number of aliphatic carboxylic acids is 2. The minimum Gasteiger partial charge on any atom is -0.481 e. The van der Waals surface area contributed by atoms with E-state index in [1.807, 2.05) is 13.8 Å². The quantitative estimate of drug-likeness (QED) is 0.559. The van der Waals surface area contributed by atoms with Gasteiger partial charge in [-0.1, -0.05) is 13.8 Å². The fourth-order valence-corrected chi connectivity index (χ4v) is 1.53. The molecule has 0 fully saturated rings. The molecule has 1 atom stereocenters. The van der Waals surface area contributed by atoms with Crippen LogP contribution in [0.5, 0.6) is 0 Å². The van der Waals surface area contributed by atoms with E-state index in [-0.39, 0.29) is 5.92 Å². The maximum Gasteiger partial charge on any atom is 0.326 e. The van der Waals surface area contributed by atoms with E-state index in [0.717, 1.165) is 0 Å². The Kier molecular flexibility index (Phi) is 8.30. The molecule has 2 amide bonds. The van der Waals surface area contributed by atoms with Crippen molar-refractivity contribution in [3.8, 4) is 0 Å². The summed E-state index contributed by atoms with van der Waals surface area (Å²) < 4.78 is 4.89. The zero-order valence-electron chi connectivity index (χ0n) is 12.0. The van der Waals surface area contributed by atoms with Crippen LogP contribution in [0, 0.1) is 5.92 Å². The lowest BCUT2D eigenvalue weighted by Gasteiger charge is -2.26. The van der Waals surface area contributed by atoms with Crippen molar-refractivity contribution in [3.05, 3.63) is 0 Å². The molecule has 0 aliphatic heterocycles. The van der Waals surface area contributed by atoms with Crippen LogP contribution in [-0.4, -0.2) is 65.9 Å². The molecule has 0 aromatic rings. The highest BCUT2D eigenvalue weighted by atomic mass is 16.5. The Bertz CT molecular complexity index is 345. The Hall–Kier alpha value is -1.83. The minimum atomic E-state index is -1.45. The first-order chi connectivity index (χ1) is 9.27. The second-order valence-electron chi connectivity index (χ2n) is 4.77. The Morgan fingerprint density at radius 2 is 1.85 bits per heavy atom. The Morgan fingerprint density at radius 3 is 2.25 bits per heavy atom. The average molecular weight is 290 g/mol. The molecule has 8 nitrogen and oxygen atoms in total. The molecule has 0 aliphatic carbocycles. The molecule has 8 heteroatoms. The van der Waals surface area contributed by atoms with Crippen molar-refractivity contribution in [3.63, 3.8) is 0 Å². The molecule has 0 radical (unpaired) electrons. The second-order valence-corrected chi connectivity index (χ2v) is 4.77. The van der Waals surface area contributed by atoms with Crippen molar-refractivity contribution < 1.29 is 29.3 Å². The predicted octanol–water partition coefficient (Wildman–Crippen LogP) is 0.228. The third-order valence-electron chi connectivity index (χ3n) is 2.41. The number of ether oxygens (including phenoxy) is 1. The number of nitrogens with one attached hydrogen (secondary N) is 1. The third kappa shape index (κ3) is 7.57. The lowest BCUT2D eigenvalue weighted by molar-refractivity contribution is -0.145. The Labute approximate surface area is 117 Å². The summed E-state index contributed by atoms with van der Waals surface area (Å²) in [6.07, 6.45) is -0.666. The van der Waals surface area contributed by atoms with Gasteiger partial charge in [-0.3, -0.25) is 4.79 Å². The van der Waals surface area contributed by atoms with Gasteiger partial charge in [0, 0.05) is 20.2 Å². The monoisotopic (exact) mass is 290 g/mol. The summed E-state index contributed by atoms with van der Waals surface area (Å²) in [5.74, 6) is -2.47. The van der Waals surface area contributed by atoms with E-state index in [0.29, 0.717) is 19.7 Å². The van der Waals surface area contributed by atoms with Gasteiger partial charge in [-0.05, 0) is 5.92 Å². The summed E-state index contributed by atoms with van der Waals surface area (Å²) in [6, 6.07) is -2.05. The van der Waals surface area contributed by atoms with Crippen LogP contribution in [0.15, 0.2) is 0 Å². The first kappa shape index (κ1) is 18.2. The molecule has 116 valence electrons. The van der Waals surface area contributed by atoms with Gasteiger partial charge in [-0.2, -0.15) is 0 Å². The van der Waals surface area contributed by atoms with Crippen molar-refractivity contribution in [2.45, 2.75) is 26.3 Å². The topological polar surface area (TPSA) is 116 Å². The number of methoxy groups -OCH3 is 1. The van der Waals surface area contributed by atoms with Gasteiger partial charge in [0.1, 0.15) is 6.04 Å².